The first kappa shape index (κ1) is 11.5. The van der Waals surface area contributed by atoms with Crippen LogP contribution in [0.5, 0.6) is 0 Å². The molecule has 0 saturated heterocycles. The lowest BCUT2D eigenvalue weighted by atomic mass is 9.84. The molecule has 0 N–H and O–H groups in total. The van der Waals surface area contributed by atoms with Gasteiger partial charge in [0.2, 0.25) is 0 Å². The monoisotopic (exact) mass is 256 g/mol. The second-order valence-corrected chi connectivity index (χ2v) is 5.88. The Hall–Kier alpha value is -0.630. The molecule has 0 aromatic heterocycles. The molecular weight excluding hydrogens is 242 g/mol. The van der Waals surface area contributed by atoms with Crippen LogP contribution in [0, 0.1) is 29.4 Å². The van der Waals surface area contributed by atoms with Crippen molar-refractivity contribution in [1.82, 2.24) is 0 Å². The largest absolute Gasteiger partial charge is 0.204 e. The van der Waals surface area contributed by atoms with Crippen molar-refractivity contribution < 1.29 is 8.78 Å². The lowest BCUT2D eigenvalue weighted by molar-refractivity contribution is 0.323. The molecule has 1 aromatic carbocycles. The summed E-state index contributed by atoms with van der Waals surface area (Å²) in [4.78, 5) is 0. The van der Waals surface area contributed by atoms with Gasteiger partial charge in [0.05, 0.1) is 5.38 Å². The Morgan fingerprint density at radius 3 is 2.53 bits per heavy atom. The van der Waals surface area contributed by atoms with Crippen LogP contribution < -0.4 is 0 Å². The Balaban J connectivity index is 1.81. The van der Waals surface area contributed by atoms with Crippen molar-refractivity contribution >= 4 is 11.6 Å². The van der Waals surface area contributed by atoms with E-state index in [0.717, 1.165) is 17.9 Å². The van der Waals surface area contributed by atoms with Crippen LogP contribution in [0.15, 0.2) is 18.2 Å². The van der Waals surface area contributed by atoms with E-state index in [1.165, 1.54) is 31.4 Å². The molecule has 2 bridgehead atoms. The summed E-state index contributed by atoms with van der Waals surface area (Å²) in [6, 6.07) is 4.04. The number of rotatable bonds is 2. The van der Waals surface area contributed by atoms with Gasteiger partial charge in [0.15, 0.2) is 11.6 Å². The van der Waals surface area contributed by atoms with Gasteiger partial charge in [-0.3, -0.25) is 0 Å². The third kappa shape index (κ3) is 1.97. The highest BCUT2D eigenvalue weighted by Gasteiger charge is 2.42. The molecule has 4 unspecified atom stereocenters. The number of alkyl halides is 1. The van der Waals surface area contributed by atoms with Gasteiger partial charge in [-0.1, -0.05) is 12.5 Å². The van der Waals surface area contributed by atoms with Crippen LogP contribution in [0.3, 0.4) is 0 Å². The first-order valence-corrected chi connectivity index (χ1v) is 6.68. The van der Waals surface area contributed by atoms with Gasteiger partial charge in [0.1, 0.15) is 0 Å². The zero-order chi connectivity index (χ0) is 12.0. The molecule has 2 fully saturated rings. The number of benzene rings is 1. The SMILES string of the molecule is Fc1ccc(C(Cl)C2CC3CCC2C3)cc1F. The van der Waals surface area contributed by atoms with E-state index in [9.17, 15) is 8.78 Å². The third-order valence-corrected chi connectivity index (χ3v) is 5.01. The van der Waals surface area contributed by atoms with Crippen LogP contribution in [-0.2, 0) is 0 Å². The second kappa shape index (κ2) is 4.24. The standard InChI is InChI=1S/C14H15ClF2/c15-14(10-3-4-12(16)13(17)7-10)11-6-8-1-2-9(11)5-8/h3-4,7-9,11,14H,1-2,5-6H2. The molecule has 0 heterocycles. The molecule has 2 saturated carbocycles. The van der Waals surface area contributed by atoms with E-state index in [0.29, 0.717) is 11.8 Å². The number of hydrogen-bond acceptors (Lipinski definition) is 0. The van der Waals surface area contributed by atoms with Crippen LogP contribution in [0.2, 0.25) is 0 Å². The van der Waals surface area contributed by atoms with Crippen LogP contribution in [0.1, 0.15) is 36.6 Å². The fourth-order valence-corrected chi connectivity index (χ4v) is 4.03. The molecule has 1 aromatic rings. The summed E-state index contributed by atoms with van der Waals surface area (Å²) in [5.41, 5.74) is 0.725. The molecule has 2 aliphatic carbocycles. The molecule has 0 amide bonds. The van der Waals surface area contributed by atoms with Crippen molar-refractivity contribution in [3.8, 4) is 0 Å². The summed E-state index contributed by atoms with van der Waals surface area (Å²) >= 11 is 6.44. The Morgan fingerprint density at radius 2 is 1.94 bits per heavy atom. The molecule has 4 atom stereocenters. The summed E-state index contributed by atoms with van der Waals surface area (Å²) in [6.45, 7) is 0. The minimum atomic E-state index is -0.800. The Labute approximate surface area is 105 Å². The fourth-order valence-electron chi connectivity index (χ4n) is 3.58. The van der Waals surface area contributed by atoms with Crippen molar-refractivity contribution in [2.45, 2.75) is 31.1 Å². The minimum Gasteiger partial charge on any atom is -0.204 e. The summed E-state index contributed by atoms with van der Waals surface area (Å²) < 4.78 is 26.1. The van der Waals surface area contributed by atoms with E-state index in [2.05, 4.69) is 0 Å². The predicted octanol–water partition coefficient (Wildman–Crippen LogP) is 4.68. The smallest absolute Gasteiger partial charge is 0.159 e. The topological polar surface area (TPSA) is 0 Å². The van der Waals surface area contributed by atoms with Gasteiger partial charge in [0, 0.05) is 0 Å². The average Bonchev–Trinajstić information content (AvgIpc) is 2.93. The molecular formula is C14H15ClF2. The predicted molar refractivity (Wildman–Crippen MR) is 63.9 cm³/mol. The van der Waals surface area contributed by atoms with Gasteiger partial charge < -0.3 is 0 Å². The van der Waals surface area contributed by atoms with Gasteiger partial charge in [-0.2, -0.15) is 0 Å². The van der Waals surface area contributed by atoms with E-state index in [1.54, 1.807) is 6.07 Å². The Bertz CT molecular complexity index is 432. The summed E-state index contributed by atoms with van der Waals surface area (Å²) in [7, 11) is 0. The normalized spacial score (nSPS) is 33.0. The van der Waals surface area contributed by atoms with Gasteiger partial charge >= 0.3 is 0 Å². The summed E-state index contributed by atoms with van der Waals surface area (Å²) in [6.07, 6.45) is 5.00. The van der Waals surface area contributed by atoms with Crippen LogP contribution >= 0.6 is 11.6 Å². The van der Waals surface area contributed by atoms with Gasteiger partial charge in [-0.05, 0) is 54.7 Å². The lowest BCUT2D eigenvalue weighted by Gasteiger charge is -2.26. The zero-order valence-corrected chi connectivity index (χ0v) is 10.3. The second-order valence-electron chi connectivity index (χ2n) is 5.41. The molecule has 2 aliphatic rings. The number of halogens is 3. The van der Waals surface area contributed by atoms with Gasteiger partial charge in [-0.25, -0.2) is 8.78 Å². The molecule has 0 aliphatic heterocycles. The lowest BCUT2D eigenvalue weighted by Crippen LogP contribution is -2.16. The Kier molecular flexibility index (Phi) is 2.86. The number of hydrogen-bond donors (Lipinski definition) is 0. The fraction of sp³-hybridized carbons (Fsp3) is 0.571. The van der Waals surface area contributed by atoms with Crippen molar-refractivity contribution in [2.75, 3.05) is 0 Å². The maximum absolute atomic E-state index is 13.2. The van der Waals surface area contributed by atoms with E-state index in [1.807, 2.05) is 0 Å². The molecule has 0 spiro atoms. The van der Waals surface area contributed by atoms with E-state index in [4.69, 9.17) is 11.6 Å². The van der Waals surface area contributed by atoms with E-state index < -0.39 is 11.6 Å². The maximum atomic E-state index is 13.2. The zero-order valence-electron chi connectivity index (χ0n) is 9.50. The van der Waals surface area contributed by atoms with Crippen LogP contribution in [-0.4, -0.2) is 0 Å². The molecule has 92 valence electrons. The van der Waals surface area contributed by atoms with Crippen molar-refractivity contribution in [2.24, 2.45) is 17.8 Å². The third-order valence-electron chi connectivity index (χ3n) is 4.43. The van der Waals surface area contributed by atoms with E-state index >= 15 is 0 Å². The quantitative estimate of drug-likeness (QED) is 0.674. The molecule has 0 nitrogen and oxygen atoms in total. The van der Waals surface area contributed by atoms with Crippen molar-refractivity contribution in [3.63, 3.8) is 0 Å². The minimum absolute atomic E-state index is 0.166. The van der Waals surface area contributed by atoms with Crippen molar-refractivity contribution in [3.05, 3.63) is 35.4 Å². The van der Waals surface area contributed by atoms with Crippen molar-refractivity contribution in [1.29, 1.82) is 0 Å². The Morgan fingerprint density at radius 1 is 1.12 bits per heavy atom. The molecule has 3 heteroatoms. The first-order valence-electron chi connectivity index (χ1n) is 6.24. The van der Waals surface area contributed by atoms with Gasteiger partial charge in [-0.15, -0.1) is 11.6 Å². The highest BCUT2D eigenvalue weighted by Crippen LogP contribution is 2.54. The summed E-state index contributed by atoms with van der Waals surface area (Å²) in [5.74, 6) is 0.356. The van der Waals surface area contributed by atoms with E-state index in [-0.39, 0.29) is 5.38 Å². The molecule has 3 rings (SSSR count). The highest BCUT2D eigenvalue weighted by atomic mass is 35.5. The molecule has 17 heavy (non-hydrogen) atoms. The first-order chi connectivity index (χ1) is 8.15. The van der Waals surface area contributed by atoms with Crippen LogP contribution in [0.25, 0.3) is 0 Å². The maximum Gasteiger partial charge on any atom is 0.159 e. The molecule has 0 radical (unpaired) electrons. The average molecular weight is 257 g/mol. The number of fused-ring (bicyclic) bond motifs is 2. The van der Waals surface area contributed by atoms with Gasteiger partial charge in [0.25, 0.3) is 0 Å². The highest BCUT2D eigenvalue weighted by molar-refractivity contribution is 6.21. The summed E-state index contributed by atoms with van der Waals surface area (Å²) in [5, 5.41) is -0.166. The van der Waals surface area contributed by atoms with Crippen LogP contribution in [0.4, 0.5) is 8.78 Å².